The smallest absolute Gasteiger partial charge is 0.295 e. The molecule has 0 amide bonds. The maximum absolute atomic E-state index is 11.0. The Labute approximate surface area is 123 Å². The fourth-order valence-electron chi connectivity index (χ4n) is 2.19. The predicted octanol–water partition coefficient (Wildman–Crippen LogP) is 0.409. The molecule has 0 aliphatic carbocycles. The molecule has 0 saturated carbocycles. The molecule has 2 rings (SSSR count). The first kappa shape index (κ1) is 15.8. The standard InChI is InChI=1S/C12H13N3O7/c1-6-9(15(20)21)12(22-13-6)11(17)10(16)7-2-4-8(5-3-7)14(18)19/h2-5,9-12,16-17H,1H3/t9-,10+,11-,12-/m0/s1. The molecule has 1 aromatic carbocycles. The number of aliphatic hydroxyl groups is 2. The Kier molecular flexibility index (Phi) is 4.33. The summed E-state index contributed by atoms with van der Waals surface area (Å²) in [5.74, 6) is 0. The maximum atomic E-state index is 11.0. The first-order valence-electron chi connectivity index (χ1n) is 6.27. The summed E-state index contributed by atoms with van der Waals surface area (Å²) in [4.78, 5) is 25.1. The van der Waals surface area contributed by atoms with E-state index in [0.717, 1.165) is 12.1 Å². The van der Waals surface area contributed by atoms with Crippen molar-refractivity contribution < 1.29 is 24.9 Å². The van der Waals surface area contributed by atoms with Gasteiger partial charge in [0.05, 0.1) is 4.92 Å². The summed E-state index contributed by atoms with van der Waals surface area (Å²) in [6.07, 6.45) is -4.45. The topological polar surface area (TPSA) is 148 Å². The molecular weight excluding hydrogens is 298 g/mol. The predicted molar refractivity (Wildman–Crippen MR) is 72.8 cm³/mol. The van der Waals surface area contributed by atoms with E-state index in [1.54, 1.807) is 0 Å². The molecular formula is C12H13N3O7. The molecule has 0 saturated heterocycles. The highest BCUT2D eigenvalue weighted by Gasteiger charge is 2.48. The molecule has 1 aromatic rings. The summed E-state index contributed by atoms with van der Waals surface area (Å²) in [6.45, 7) is 1.39. The number of nitrogens with zero attached hydrogens (tertiary/aromatic N) is 3. The van der Waals surface area contributed by atoms with Crippen LogP contribution < -0.4 is 0 Å². The molecule has 22 heavy (non-hydrogen) atoms. The highest BCUT2D eigenvalue weighted by Crippen LogP contribution is 2.27. The van der Waals surface area contributed by atoms with Crippen molar-refractivity contribution in [3.63, 3.8) is 0 Å². The molecule has 0 unspecified atom stereocenters. The number of hydrogen-bond acceptors (Lipinski definition) is 8. The van der Waals surface area contributed by atoms with E-state index in [2.05, 4.69) is 5.16 Å². The molecule has 1 aliphatic rings. The lowest BCUT2D eigenvalue weighted by molar-refractivity contribution is -0.514. The first-order valence-corrected chi connectivity index (χ1v) is 6.27. The van der Waals surface area contributed by atoms with Crippen molar-refractivity contribution in [3.05, 3.63) is 50.1 Å². The molecule has 2 N–H and O–H groups in total. The van der Waals surface area contributed by atoms with Crippen molar-refractivity contribution in [3.8, 4) is 0 Å². The molecule has 0 aromatic heterocycles. The lowest BCUT2D eigenvalue weighted by atomic mass is 9.95. The summed E-state index contributed by atoms with van der Waals surface area (Å²) >= 11 is 0. The number of aliphatic hydroxyl groups excluding tert-OH is 2. The second-order valence-corrected chi connectivity index (χ2v) is 4.82. The van der Waals surface area contributed by atoms with Gasteiger partial charge in [0, 0.05) is 17.1 Å². The Morgan fingerprint density at radius 2 is 1.82 bits per heavy atom. The van der Waals surface area contributed by atoms with Crippen LogP contribution in [-0.4, -0.2) is 44.0 Å². The Bertz CT molecular complexity index is 616. The van der Waals surface area contributed by atoms with E-state index in [0.29, 0.717) is 0 Å². The summed E-state index contributed by atoms with van der Waals surface area (Å²) in [7, 11) is 0. The molecule has 118 valence electrons. The Hall–Kier alpha value is -2.59. The van der Waals surface area contributed by atoms with E-state index in [9.17, 15) is 30.4 Å². The SMILES string of the molecule is CC1=NO[C@H]([C@@H](O)[C@H](O)c2ccc([N+](=O)[O-])cc2)[C@H]1[N+](=O)[O-]. The van der Waals surface area contributed by atoms with Crippen molar-refractivity contribution in [1.29, 1.82) is 0 Å². The van der Waals surface area contributed by atoms with Crippen molar-refractivity contribution >= 4 is 11.4 Å². The van der Waals surface area contributed by atoms with Gasteiger partial charge in [-0.05, 0) is 24.6 Å². The van der Waals surface area contributed by atoms with Crippen LogP contribution in [0.3, 0.4) is 0 Å². The molecule has 1 heterocycles. The number of oxime groups is 1. The average Bonchev–Trinajstić information content (AvgIpc) is 2.87. The van der Waals surface area contributed by atoms with E-state index in [-0.39, 0.29) is 17.0 Å². The number of rotatable bonds is 5. The van der Waals surface area contributed by atoms with Crippen LogP contribution in [0, 0.1) is 20.2 Å². The van der Waals surface area contributed by atoms with Crippen LogP contribution in [0.15, 0.2) is 29.4 Å². The normalized spacial score (nSPS) is 23.3. The molecule has 10 nitrogen and oxygen atoms in total. The molecule has 4 atom stereocenters. The van der Waals surface area contributed by atoms with Gasteiger partial charge in [0.15, 0.2) is 0 Å². The second kappa shape index (κ2) is 6.03. The minimum atomic E-state index is -1.61. The van der Waals surface area contributed by atoms with Crippen LogP contribution in [0.5, 0.6) is 0 Å². The minimum Gasteiger partial charge on any atom is -0.386 e. The molecule has 0 radical (unpaired) electrons. The van der Waals surface area contributed by atoms with Crippen molar-refractivity contribution in [2.24, 2.45) is 5.16 Å². The fraction of sp³-hybridized carbons (Fsp3) is 0.417. The van der Waals surface area contributed by atoms with Crippen LogP contribution in [0.25, 0.3) is 0 Å². The van der Waals surface area contributed by atoms with Crippen LogP contribution in [0.2, 0.25) is 0 Å². The van der Waals surface area contributed by atoms with Crippen molar-refractivity contribution in [2.45, 2.75) is 31.3 Å². The zero-order valence-corrected chi connectivity index (χ0v) is 11.4. The van der Waals surface area contributed by atoms with Crippen LogP contribution in [0.1, 0.15) is 18.6 Å². The highest BCUT2D eigenvalue weighted by atomic mass is 16.7. The third-order valence-electron chi connectivity index (χ3n) is 3.39. The number of hydrogen-bond donors (Lipinski definition) is 2. The van der Waals surface area contributed by atoms with Crippen molar-refractivity contribution in [2.75, 3.05) is 0 Å². The highest BCUT2D eigenvalue weighted by molar-refractivity contribution is 5.87. The summed E-state index contributed by atoms with van der Waals surface area (Å²) in [5, 5.41) is 45.2. The van der Waals surface area contributed by atoms with E-state index in [1.165, 1.54) is 19.1 Å². The third kappa shape index (κ3) is 2.87. The number of benzene rings is 1. The van der Waals surface area contributed by atoms with Gasteiger partial charge in [-0.15, -0.1) is 0 Å². The van der Waals surface area contributed by atoms with Crippen LogP contribution >= 0.6 is 0 Å². The largest absolute Gasteiger partial charge is 0.386 e. The van der Waals surface area contributed by atoms with Gasteiger partial charge in [0.2, 0.25) is 6.10 Å². The lowest BCUT2D eigenvalue weighted by Gasteiger charge is -2.23. The summed E-state index contributed by atoms with van der Waals surface area (Å²) < 4.78 is 0. The van der Waals surface area contributed by atoms with Gasteiger partial charge in [0.1, 0.15) is 17.9 Å². The van der Waals surface area contributed by atoms with Gasteiger partial charge in [-0.3, -0.25) is 20.2 Å². The molecule has 0 fully saturated rings. The Morgan fingerprint density at radius 1 is 1.23 bits per heavy atom. The van der Waals surface area contributed by atoms with E-state index < -0.39 is 34.2 Å². The molecule has 10 heteroatoms. The average molecular weight is 311 g/mol. The monoisotopic (exact) mass is 311 g/mol. The molecule has 0 bridgehead atoms. The number of nitro benzene ring substituents is 1. The Morgan fingerprint density at radius 3 is 2.32 bits per heavy atom. The van der Waals surface area contributed by atoms with Crippen LogP contribution in [-0.2, 0) is 4.84 Å². The zero-order valence-electron chi connectivity index (χ0n) is 11.4. The van der Waals surface area contributed by atoms with E-state index in [4.69, 9.17) is 4.84 Å². The summed E-state index contributed by atoms with van der Waals surface area (Å²) in [5.41, 5.74) is 0.0863. The first-order chi connectivity index (χ1) is 10.3. The van der Waals surface area contributed by atoms with Gasteiger partial charge in [0.25, 0.3) is 11.7 Å². The number of non-ortho nitro benzene ring substituents is 1. The van der Waals surface area contributed by atoms with Crippen LogP contribution in [0.4, 0.5) is 5.69 Å². The van der Waals surface area contributed by atoms with Gasteiger partial charge in [-0.1, -0.05) is 5.16 Å². The van der Waals surface area contributed by atoms with Gasteiger partial charge >= 0.3 is 0 Å². The molecule has 1 aliphatic heterocycles. The van der Waals surface area contributed by atoms with E-state index in [1.807, 2.05) is 0 Å². The lowest BCUT2D eigenvalue weighted by Crippen LogP contribution is -2.45. The quantitative estimate of drug-likeness (QED) is 0.590. The molecule has 0 spiro atoms. The maximum Gasteiger partial charge on any atom is 0.295 e. The van der Waals surface area contributed by atoms with Crippen molar-refractivity contribution in [1.82, 2.24) is 0 Å². The summed E-state index contributed by atoms with van der Waals surface area (Å²) in [6, 6.07) is 3.48. The minimum absolute atomic E-state index is 0.0879. The number of nitro groups is 2. The van der Waals surface area contributed by atoms with E-state index >= 15 is 0 Å². The third-order valence-corrected chi connectivity index (χ3v) is 3.39. The zero-order chi connectivity index (χ0) is 16.4. The second-order valence-electron chi connectivity index (χ2n) is 4.82. The fourth-order valence-corrected chi connectivity index (χ4v) is 2.19. The Balaban J connectivity index is 2.16. The van der Waals surface area contributed by atoms with Gasteiger partial charge in [-0.25, -0.2) is 0 Å². The van der Waals surface area contributed by atoms with Gasteiger partial charge in [-0.2, -0.15) is 0 Å². The van der Waals surface area contributed by atoms with Gasteiger partial charge < -0.3 is 15.1 Å².